The van der Waals surface area contributed by atoms with Gasteiger partial charge in [-0.25, -0.2) is 0 Å². The van der Waals surface area contributed by atoms with E-state index in [4.69, 9.17) is 9.47 Å². The molecule has 4 nitrogen and oxygen atoms in total. The van der Waals surface area contributed by atoms with Crippen LogP contribution in [0, 0.1) is 0 Å². The second-order valence-corrected chi connectivity index (χ2v) is 5.72. The monoisotopic (exact) mass is 307 g/mol. The minimum atomic E-state index is 0.0390. The lowest BCUT2D eigenvalue weighted by Gasteiger charge is -2.27. The third-order valence-electron chi connectivity index (χ3n) is 4.26. The van der Waals surface area contributed by atoms with Gasteiger partial charge in [-0.2, -0.15) is 0 Å². The molecule has 116 valence electrons. The number of benzene rings is 2. The number of ether oxygens (including phenoxy) is 2. The minimum Gasteiger partial charge on any atom is -0.454 e. The van der Waals surface area contributed by atoms with E-state index in [9.17, 15) is 4.79 Å². The van der Waals surface area contributed by atoms with Gasteiger partial charge in [-0.3, -0.25) is 4.79 Å². The highest BCUT2D eigenvalue weighted by molar-refractivity contribution is 5.92. The normalized spacial score (nSPS) is 15.7. The van der Waals surface area contributed by atoms with Gasteiger partial charge in [0.25, 0.3) is 0 Å². The van der Waals surface area contributed by atoms with Gasteiger partial charge < -0.3 is 14.4 Å². The molecule has 0 fully saturated rings. The average Bonchev–Trinajstić information content (AvgIpc) is 3.07. The predicted octanol–water partition coefficient (Wildman–Crippen LogP) is 3.01. The lowest BCUT2D eigenvalue weighted by molar-refractivity contribution is -0.126. The third kappa shape index (κ3) is 2.80. The molecule has 2 aromatic rings. The van der Waals surface area contributed by atoms with E-state index in [0.29, 0.717) is 6.54 Å². The van der Waals surface area contributed by atoms with Crippen molar-refractivity contribution in [3.8, 4) is 11.5 Å². The molecule has 2 aromatic carbocycles. The van der Waals surface area contributed by atoms with Crippen molar-refractivity contribution < 1.29 is 14.3 Å². The van der Waals surface area contributed by atoms with Crippen LogP contribution in [0.5, 0.6) is 11.5 Å². The Kier molecular flexibility index (Phi) is 3.50. The molecule has 0 saturated heterocycles. The van der Waals surface area contributed by atoms with Crippen molar-refractivity contribution >= 4 is 12.0 Å². The quantitative estimate of drug-likeness (QED) is 0.801. The van der Waals surface area contributed by atoms with Crippen LogP contribution in [0.15, 0.2) is 48.5 Å². The van der Waals surface area contributed by atoms with Gasteiger partial charge in [0.1, 0.15) is 0 Å². The lowest BCUT2D eigenvalue weighted by Crippen LogP contribution is -2.34. The summed E-state index contributed by atoms with van der Waals surface area (Å²) >= 11 is 0. The van der Waals surface area contributed by atoms with Crippen LogP contribution in [0.1, 0.15) is 16.7 Å². The summed E-state index contributed by atoms with van der Waals surface area (Å²) in [6, 6.07) is 14.0. The largest absolute Gasteiger partial charge is 0.454 e. The Labute approximate surface area is 134 Å². The van der Waals surface area contributed by atoms with Crippen molar-refractivity contribution in [1.82, 2.24) is 4.90 Å². The fourth-order valence-electron chi connectivity index (χ4n) is 2.97. The van der Waals surface area contributed by atoms with E-state index in [1.54, 1.807) is 6.08 Å². The second kappa shape index (κ2) is 5.80. The van der Waals surface area contributed by atoms with E-state index in [0.717, 1.165) is 30.0 Å². The van der Waals surface area contributed by atoms with E-state index < -0.39 is 0 Å². The second-order valence-electron chi connectivity index (χ2n) is 5.72. The summed E-state index contributed by atoms with van der Waals surface area (Å²) in [6.07, 6.45) is 4.37. The highest BCUT2D eigenvalue weighted by atomic mass is 16.7. The maximum absolute atomic E-state index is 12.4. The summed E-state index contributed by atoms with van der Waals surface area (Å²) in [5, 5.41) is 0. The molecule has 0 bridgehead atoms. The van der Waals surface area contributed by atoms with Crippen LogP contribution in [-0.2, 0) is 17.8 Å². The van der Waals surface area contributed by atoms with E-state index >= 15 is 0 Å². The Morgan fingerprint density at radius 1 is 1.04 bits per heavy atom. The molecule has 1 amide bonds. The zero-order chi connectivity index (χ0) is 15.6. The van der Waals surface area contributed by atoms with Crippen LogP contribution in [-0.4, -0.2) is 24.1 Å². The average molecular weight is 307 g/mol. The first-order chi connectivity index (χ1) is 11.3. The smallest absolute Gasteiger partial charge is 0.246 e. The minimum absolute atomic E-state index is 0.0390. The molecule has 2 aliphatic rings. The van der Waals surface area contributed by atoms with E-state index in [1.807, 2.05) is 35.2 Å². The van der Waals surface area contributed by atoms with Crippen LogP contribution in [0.25, 0.3) is 6.08 Å². The zero-order valence-electron chi connectivity index (χ0n) is 12.7. The van der Waals surface area contributed by atoms with E-state index in [1.165, 1.54) is 11.1 Å². The van der Waals surface area contributed by atoms with Crippen molar-refractivity contribution in [3.63, 3.8) is 0 Å². The Morgan fingerprint density at radius 3 is 2.78 bits per heavy atom. The van der Waals surface area contributed by atoms with Crippen LogP contribution in [0.4, 0.5) is 0 Å². The fourth-order valence-corrected chi connectivity index (χ4v) is 2.97. The maximum atomic E-state index is 12.4. The van der Waals surface area contributed by atoms with Gasteiger partial charge in [0.15, 0.2) is 11.5 Å². The van der Waals surface area contributed by atoms with Crippen LogP contribution < -0.4 is 9.47 Å². The number of carbonyl (C=O) groups excluding carboxylic acids is 1. The van der Waals surface area contributed by atoms with Crippen molar-refractivity contribution in [2.75, 3.05) is 13.3 Å². The summed E-state index contributed by atoms with van der Waals surface area (Å²) in [6.45, 7) is 1.70. The number of hydrogen-bond donors (Lipinski definition) is 0. The lowest BCUT2D eigenvalue weighted by atomic mass is 10.00. The zero-order valence-corrected chi connectivity index (χ0v) is 12.7. The van der Waals surface area contributed by atoms with Crippen LogP contribution in [0.2, 0.25) is 0 Å². The fraction of sp³-hybridized carbons (Fsp3) is 0.211. The number of fused-ring (bicyclic) bond motifs is 2. The molecule has 4 rings (SSSR count). The molecule has 2 aliphatic heterocycles. The van der Waals surface area contributed by atoms with Gasteiger partial charge >= 0.3 is 0 Å². The summed E-state index contributed by atoms with van der Waals surface area (Å²) in [7, 11) is 0. The van der Waals surface area contributed by atoms with Crippen molar-refractivity contribution in [2.45, 2.75) is 13.0 Å². The van der Waals surface area contributed by atoms with Gasteiger partial charge in [-0.05, 0) is 41.3 Å². The highest BCUT2D eigenvalue weighted by Gasteiger charge is 2.18. The Morgan fingerprint density at radius 2 is 1.87 bits per heavy atom. The van der Waals surface area contributed by atoms with Crippen molar-refractivity contribution in [2.24, 2.45) is 0 Å². The number of hydrogen-bond acceptors (Lipinski definition) is 3. The Balaban J connectivity index is 1.46. The third-order valence-corrected chi connectivity index (χ3v) is 4.26. The molecule has 0 aromatic heterocycles. The van der Waals surface area contributed by atoms with Crippen molar-refractivity contribution in [1.29, 1.82) is 0 Å². The van der Waals surface area contributed by atoms with Gasteiger partial charge in [0.05, 0.1) is 0 Å². The van der Waals surface area contributed by atoms with Gasteiger partial charge in [-0.1, -0.05) is 30.3 Å². The van der Waals surface area contributed by atoms with Gasteiger partial charge in [0, 0.05) is 19.2 Å². The molecule has 0 N–H and O–H groups in total. The first-order valence-electron chi connectivity index (χ1n) is 7.73. The first kappa shape index (κ1) is 13.9. The molecule has 0 unspecified atom stereocenters. The Hall–Kier alpha value is -2.75. The predicted molar refractivity (Wildman–Crippen MR) is 87.2 cm³/mol. The molecule has 2 heterocycles. The topological polar surface area (TPSA) is 38.8 Å². The molecule has 0 atom stereocenters. The van der Waals surface area contributed by atoms with Gasteiger partial charge in [0.2, 0.25) is 12.7 Å². The number of nitrogens with zero attached hydrogens (tertiary/aromatic N) is 1. The van der Waals surface area contributed by atoms with Crippen LogP contribution >= 0.6 is 0 Å². The van der Waals surface area contributed by atoms with Gasteiger partial charge in [-0.15, -0.1) is 0 Å². The molecule has 0 aliphatic carbocycles. The number of amides is 1. The molecule has 0 spiro atoms. The molecule has 23 heavy (non-hydrogen) atoms. The first-order valence-corrected chi connectivity index (χ1v) is 7.73. The number of rotatable bonds is 2. The number of carbonyl (C=O) groups is 1. The molecule has 0 radical (unpaired) electrons. The summed E-state index contributed by atoms with van der Waals surface area (Å²) < 4.78 is 10.6. The summed E-state index contributed by atoms with van der Waals surface area (Å²) in [5.41, 5.74) is 3.51. The van der Waals surface area contributed by atoms with Crippen LogP contribution in [0.3, 0.4) is 0 Å². The summed E-state index contributed by atoms with van der Waals surface area (Å²) in [4.78, 5) is 14.3. The molecule has 4 heteroatoms. The standard InChI is InChI=1S/C19H17NO3/c21-19(20-10-9-15-3-1-2-4-16(15)12-20)8-6-14-5-7-17-18(11-14)23-13-22-17/h1-8,11H,9-10,12-13H2/b8-6-. The molecule has 0 saturated carbocycles. The summed E-state index contributed by atoms with van der Waals surface area (Å²) in [5.74, 6) is 1.52. The molecular weight excluding hydrogens is 290 g/mol. The van der Waals surface area contributed by atoms with Crippen molar-refractivity contribution in [3.05, 3.63) is 65.2 Å². The SMILES string of the molecule is O=C(/C=C\c1ccc2c(c1)OCO2)N1CCc2ccccc2C1. The highest BCUT2D eigenvalue weighted by Crippen LogP contribution is 2.32. The van der Waals surface area contributed by atoms with E-state index in [-0.39, 0.29) is 12.7 Å². The Bertz CT molecular complexity index is 782. The maximum Gasteiger partial charge on any atom is 0.246 e. The molecular formula is C19H17NO3. The van der Waals surface area contributed by atoms with E-state index in [2.05, 4.69) is 18.2 Å².